The van der Waals surface area contributed by atoms with Gasteiger partial charge in [0.25, 0.3) is 0 Å². The molecule has 0 saturated carbocycles. The van der Waals surface area contributed by atoms with E-state index in [9.17, 15) is 14.4 Å². The highest BCUT2D eigenvalue weighted by Crippen LogP contribution is 2.13. The molecule has 0 rings (SSSR count). The van der Waals surface area contributed by atoms with E-state index in [1.54, 1.807) is 0 Å². The van der Waals surface area contributed by atoms with Crippen LogP contribution in [0.1, 0.15) is 252 Å². The van der Waals surface area contributed by atoms with Crippen LogP contribution in [0.2, 0.25) is 0 Å². The monoisotopic (exact) mass is 905 g/mol. The number of carbonyl (C=O) groups excluding carboxylic acids is 3. The first-order valence-electron chi connectivity index (χ1n) is 27.1. The Morgan fingerprint density at radius 3 is 1.08 bits per heavy atom. The molecule has 1 unspecified atom stereocenters. The summed E-state index contributed by atoms with van der Waals surface area (Å²) in [7, 11) is 0. The second-order valence-electron chi connectivity index (χ2n) is 17.8. The summed E-state index contributed by atoms with van der Waals surface area (Å²) >= 11 is 0. The third-order valence-corrected chi connectivity index (χ3v) is 11.4. The minimum absolute atomic E-state index is 0.107. The number of carbonyl (C=O) groups is 3. The van der Waals surface area contributed by atoms with Gasteiger partial charge in [-0.1, -0.05) is 221 Å². The van der Waals surface area contributed by atoms with Crippen LogP contribution < -0.4 is 0 Å². The summed E-state index contributed by atoms with van der Waals surface area (Å²) in [6.07, 6.45) is 68.7. The molecule has 0 radical (unpaired) electrons. The van der Waals surface area contributed by atoms with Crippen molar-refractivity contribution in [3.8, 4) is 0 Å². The summed E-state index contributed by atoms with van der Waals surface area (Å²) in [6.45, 7) is 6.44. The SMILES string of the molecule is CC/C=C\C/C=C\C/C=C\CCCC(=O)OCC(COC(=O)CCCCCCC/C=C\C=C/CCCCCCCCC)OC(=O)CCCCCCC/C=C\C=C/CCCCCCCCC. The van der Waals surface area contributed by atoms with Crippen LogP contribution >= 0.6 is 0 Å². The maximum atomic E-state index is 12.8. The van der Waals surface area contributed by atoms with Crippen molar-refractivity contribution in [2.24, 2.45) is 0 Å². The van der Waals surface area contributed by atoms with Crippen molar-refractivity contribution < 1.29 is 28.6 Å². The minimum atomic E-state index is -0.811. The molecule has 0 aromatic heterocycles. The third kappa shape index (κ3) is 51.4. The van der Waals surface area contributed by atoms with Crippen LogP contribution in [-0.4, -0.2) is 37.2 Å². The predicted octanol–water partition coefficient (Wildman–Crippen LogP) is 18.0. The van der Waals surface area contributed by atoms with Gasteiger partial charge in [-0.3, -0.25) is 14.4 Å². The lowest BCUT2D eigenvalue weighted by Gasteiger charge is -2.18. The van der Waals surface area contributed by atoms with Crippen molar-refractivity contribution in [2.75, 3.05) is 13.2 Å². The molecule has 0 amide bonds. The van der Waals surface area contributed by atoms with Crippen molar-refractivity contribution in [3.63, 3.8) is 0 Å². The van der Waals surface area contributed by atoms with Gasteiger partial charge in [0.15, 0.2) is 6.10 Å². The first-order chi connectivity index (χ1) is 32.0. The Morgan fingerprint density at radius 1 is 0.338 bits per heavy atom. The second-order valence-corrected chi connectivity index (χ2v) is 17.8. The van der Waals surface area contributed by atoms with Crippen LogP contribution in [-0.2, 0) is 28.6 Å². The van der Waals surface area contributed by atoms with Crippen molar-refractivity contribution in [3.05, 3.63) is 85.1 Å². The summed E-state index contributed by atoms with van der Waals surface area (Å²) in [4.78, 5) is 38.0. The van der Waals surface area contributed by atoms with Gasteiger partial charge in [-0.25, -0.2) is 0 Å². The molecule has 0 bridgehead atoms. The summed E-state index contributed by atoms with van der Waals surface area (Å²) in [5.41, 5.74) is 0. The quantitative estimate of drug-likeness (QED) is 0.0199. The van der Waals surface area contributed by atoms with Crippen LogP contribution in [0.3, 0.4) is 0 Å². The number of rotatable bonds is 48. The Hall–Kier alpha value is -3.41. The van der Waals surface area contributed by atoms with Crippen LogP contribution in [0.5, 0.6) is 0 Å². The van der Waals surface area contributed by atoms with E-state index >= 15 is 0 Å². The van der Waals surface area contributed by atoms with Gasteiger partial charge in [0, 0.05) is 19.3 Å². The molecule has 6 heteroatoms. The fourth-order valence-corrected chi connectivity index (χ4v) is 7.33. The van der Waals surface area contributed by atoms with E-state index in [-0.39, 0.29) is 37.5 Å². The molecule has 0 aromatic carbocycles. The summed E-state index contributed by atoms with van der Waals surface area (Å²) in [5.74, 6) is -0.992. The maximum Gasteiger partial charge on any atom is 0.306 e. The van der Waals surface area contributed by atoms with E-state index < -0.39 is 6.10 Å². The normalized spacial score (nSPS) is 12.7. The van der Waals surface area contributed by atoms with Gasteiger partial charge in [0.05, 0.1) is 0 Å². The molecule has 0 aromatic rings. The fourth-order valence-electron chi connectivity index (χ4n) is 7.33. The van der Waals surface area contributed by atoms with Crippen LogP contribution in [0.4, 0.5) is 0 Å². The molecule has 6 nitrogen and oxygen atoms in total. The average Bonchev–Trinajstić information content (AvgIpc) is 3.30. The van der Waals surface area contributed by atoms with E-state index in [1.165, 1.54) is 103 Å². The van der Waals surface area contributed by atoms with Gasteiger partial charge in [-0.15, -0.1) is 0 Å². The summed E-state index contributed by atoms with van der Waals surface area (Å²) in [6, 6.07) is 0. The van der Waals surface area contributed by atoms with E-state index in [0.29, 0.717) is 19.3 Å². The molecule has 1 atom stereocenters. The largest absolute Gasteiger partial charge is 0.462 e. The number of allylic oxidation sites excluding steroid dienone is 14. The lowest BCUT2D eigenvalue weighted by molar-refractivity contribution is -0.167. The number of ether oxygens (including phenoxy) is 3. The van der Waals surface area contributed by atoms with E-state index in [0.717, 1.165) is 103 Å². The number of unbranched alkanes of at least 4 members (excludes halogenated alkanes) is 25. The zero-order chi connectivity index (χ0) is 47.2. The molecule has 65 heavy (non-hydrogen) atoms. The first kappa shape index (κ1) is 61.6. The molecule has 0 aliphatic heterocycles. The Labute approximate surface area is 401 Å². The number of esters is 3. The zero-order valence-corrected chi connectivity index (χ0v) is 42.5. The van der Waals surface area contributed by atoms with E-state index in [2.05, 4.69) is 106 Å². The van der Waals surface area contributed by atoms with Crippen molar-refractivity contribution in [1.29, 1.82) is 0 Å². The standard InChI is InChI=1S/C59H100O6/c1-4-7-10-13-16-19-22-24-26-28-30-32-34-37-40-43-46-49-52-58(61)64-55-56(54-63-57(60)51-48-45-42-39-36-21-18-15-12-9-6-3)65-59(62)53-50-47-44-41-38-35-33-31-29-27-25-23-20-17-14-11-8-5-2/h9,12,18,21,26-33,39,42,56H,4-8,10-11,13-17,19-20,22-25,34-38,40-41,43-55H2,1-3H3/b12-9-,21-18-,28-26-,29-27-,32-30-,33-31-,42-39-. The lowest BCUT2D eigenvalue weighted by Crippen LogP contribution is -2.30. The highest BCUT2D eigenvalue weighted by atomic mass is 16.6. The summed E-state index contributed by atoms with van der Waals surface area (Å²) < 4.78 is 16.7. The Bertz CT molecular complexity index is 1270. The molecule has 0 heterocycles. The van der Waals surface area contributed by atoms with Gasteiger partial charge >= 0.3 is 17.9 Å². The van der Waals surface area contributed by atoms with Crippen LogP contribution in [0.25, 0.3) is 0 Å². The lowest BCUT2D eigenvalue weighted by atomic mass is 10.1. The minimum Gasteiger partial charge on any atom is -0.462 e. The Balaban J connectivity index is 4.45. The third-order valence-electron chi connectivity index (χ3n) is 11.4. The van der Waals surface area contributed by atoms with Crippen molar-refractivity contribution in [2.45, 2.75) is 258 Å². The van der Waals surface area contributed by atoms with Crippen molar-refractivity contribution in [1.82, 2.24) is 0 Å². The molecule has 0 aliphatic carbocycles. The maximum absolute atomic E-state index is 12.8. The number of hydrogen-bond acceptors (Lipinski definition) is 6. The molecule has 372 valence electrons. The molecule has 0 saturated heterocycles. The van der Waals surface area contributed by atoms with Gasteiger partial charge in [0.2, 0.25) is 0 Å². The number of hydrogen-bond donors (Lipinski definition) is 0. The Kier molecular flexibility index (Phi) is 50.4. The molecule has 0 aliphatic rings. The first-order valence-corrected chi connectivity index (χ1v) is 27.1. The topological polar surface area (TPSA) is 78.9 Å². The predicted molar refractivity (Wildman–Crippen MR) is 279 cm³/mol. The summed E-state index contributed by atoms with van der Waals surface area (Å²) in [5, 5.41) is 0. The second kappa shape index (κ2) is 53.2. The highest BCUT2D eigenvalue weighted by Gasteiger charge is 2.19. The highest BCUT2D eigenvalue weighted by molar-refractivity contribution is 5.71. The van der Waals surface area contributed by atoms with E-state index in [4.69, 9.17) is 14.2 Å². The van der Waals surface area contributed by atoms with Crippen LogP contribution in [0.15, 0.2) is 85.1 Å². The van der Waals surface area contributed by atoms with Gasteiger partial charge in [-0.05, 0) is 96.3 Å². The average molecular weight is 905 g/mol. The van der Waals surface area contributed by atoms with Gasteiger partial charge < -0.3 is 14.2 Å². The van der Waals surface area contributed by atoms with Gasteiger partial charge in [-0.2, -0.15) is 0 Å². The van der Waals surface area contributed by atoms with Crippen LogP contribution in [0, 0.1) is 0 Å². The molecule has 0 spiro atoms. The Morgan fingerprint density at radius 2 is 0.662 bits per heavy atom. The van der Waals surface area contributed by atoms with E-state index in [1.807, 2.05) is 0 Å². The van der Waals surface area contributed by atoms with Gasteiger partial charge in [0.1, 0.15) is 13.2 Å². The molecular weight excluding hydrogens is 805 g/mol. The smallest absolute Gasteiger partial charge is 0.306 e. The van der Waals surface area contributed by atoms with Crippen molar-refractivity contribution >= 4 is 17.9 Å². The fraction of sp³-hybridized carbons (Fsp3) is 0.712. The molecular formula is C59H100O6. The zero-order valence-electron chi connectivity index (χ0n) is 42.5. The molecule has 0 N–H and O–H groups in total. The molecule has 0 fully saturated rings.